The molecule has 0 spiro atoms. The average molecular weight is 262 g/mol. The van der Waals surface area contributed by atoms with Gasteiger partial charge in [0.15, 0.2) is 0 Å². The van der Waals surface area contributed by atoms with Crippen LogP contribution in [0.2, 0.25) is 0 Å². The van der Waals surface area contributed by atoms with Gasteiger partial charge in [0.2, 0.25) is 0 Å². The van der Waals surface area contributed by atoms with Gasteiger partial charge in [-0.25, -0.2) is 4.79 Å². The largest absolute Gasteiger partial charge is 0.478 e. The molecule has 1 N–H and O–H groups in total. The number of ketones is 1. The first kappa shape index (κ1) is 14.0. The minimum Gasteiger partial charge on any atom is -0.478 e. The number of carbonyl (C=O) groups excluding carboxylic acids is 1. The van der Waals surface area contributed by atoms with Crippen LogP contribution in [0.1, 0.15) is 32.1 Å². The van der Waals surface area contributed by atoms with Crippen molar-refractivity contribution < 1.29 is 14.7 Å². The molecule has 0 aromatic rings. The molecular formula is C8H11Cl3O3. The smallest absolute Gasteiger partial charge is 0.356 e. The zero-order valence-electron chi connectivity index (χ0n) is 7.43. The number of Topliss-reactive ketones (excluding diaryl/α,β-unsaturated/α-hetero) is 1. The maximum Gasteiger partial charge on any atom is 0.356 e. The van der Waals surface area contributed by atoms with E-state index >= 15 is 0 Å². The van der Waals surface area contributed by atoms with Crippen LogP contribution < -0.4 is 0 Å². The van der Waals surface area contributed by atoms with Crippen LogP contribution in [-0.4, -0.2) is 20.7 Å². The number of carboxylic acids is 1. The Bertz CT molecular complexity index is 202. The van der Waals surface area contributed by atoms with E-state index in [1.165, 1.54) is 6.42 Å². The molecule has 0 atom stereocenters. The molecule has 0 heterocycles. The van der Waals surface area contributed by atoms with Gasteiger partial charge in [-0.2, -0.15) is 0 Å². The third kappa shape index (κ3) is 7.42. The van der Waals surface area contributed by atoms with Gasteiger partial charge in [0, 0.05) is 12.8 Å². The molecule has 14 heavy (non-hydrogen) atoms. The Balaban J connectivity index is 0.000000241. The molecular weight excluding hydrogens is 250 g/mol. The molecule has 0 aliphatic heterocycles. The van der Waals surface area contributed by atoms with E-state index in [0.29, 0.717) is 5.78 Å². The van der Waals surface area contributed by atoms with Gasteiger partial charge in [0.25, 0.3) is 3.79 Å². The summed E-state index contributed by atoms with van der Waals surface area (Å²) < 4.78 is -2.17. The highest BCUT2D eigenvalue weighted by atomic mass is 35.6. The Hall–Kier alpha value is 0.01000. The van der Waals surface area contributed by atoms with Gasteiger partial charge in [-0.3, -0.25) is 4.79 Å². The lowest BCUT2D eigenvalue weighted by molar-refractivity contribution is -0.136. The van der Waals surface area contributed by atoms with E-state index in [4.69, 9.17) is 39.9 Å². The molecule has 1 aliphatic carbocycles. The van der Waals surface area contributed by atoms with Gasteiger partial charge in [-0.1, -0.05) is 41.2 Å². The topological polar surface area (TPSA) is 54.4 Å². The van der Waals surface area contributed by atoms with Crippen LogP contribution in [0.4, 0.5) is 0 Å². The summed E-state index contributed by atoms with van der Waals surface area (Å²) >= 11 is 14.4. The molecule has 82 valence electrons. The summed E-state index contributed by atoms with van der Waals surface area (Å²) in [7, 11) is 0. The number of aliphatic carboxylic acids is 1. The summed E-state index contributed by atoms with van der Waals surface area (Å²) in [4.78, 5) is 20.1. The predicted molar refractivity (Wildman–Crippen MR) is 56.0 cm³/mol. The molecule has 1 fully saturated rings. The van der Waals surface area contributed by atoms with Crippen molar-refractivity contribution in [2.45, 2.75) is 35.9 Å². The van der Waals surface area contributed by atoms with E-state index < -0.39 is 9.76 Å². The van der Waals surface area contributed by atoms with Crippen molar-refractivity contribution in [2.75, 3.05) is 0 Å². The van der Waals surface area contributed by atoms with E-state index in [2.05, 4.69) is 0 Å². The van der Waals surface area contributed by atoms with Gasteiger partial charge >= 0.3 is 5.97 Å². The summed E-state index contributed by atoms with van der Waals surface area (Å²) in [6.07, 6.45) is 5.24. The van der Waals surface area contributed by atoms with E-state index in [-0.39, 0.29) is 0 Å². The lowest BCUT2D eigenvalue weighted by Gasteiger charge is -2.05. The molecule has 0 radical (unpaired) electrons. The highest BCUT2D eigenvalue weighted by molar-refractivity contribution is 6.75. The Morgan fingerprint density at radius 2 is 1.50 bits per heavy atom. The first-order valence-corrected chi connectivity index (χ1v) is 5.29. The van der Waals surface area contributed by atoms with E-state index in [0.717, 1.165) is 25.7 Å². The molecule has 0 saturated heterocycles. The highest BCUT2D eigenvalue weighted by Gasteiger charge is 2.29. The van der Waals surface area contributed by atoms with Crippen molar-refractivity contribution in [1.29, 1.82) is 0 Å². The van der Waals surface area contributed by atoms with E-state index in [1.54, 1.807) is 0 Å². The second-order valence-corrected chi connectivity index (χ2v) is 5.18. The normalized spacial score (nSPS) is 16.9. The number of hydrogen-bond acceptors (Lipinski definition) is 2. The third-order valence-corrected chi connectivity index (χ3v) is 2.14. The van der Waals surface area contributed by atoms with Crippen molar-refractivity contribution >= 4 is 46.6 Å². The van der Waals surface area contributed by atoms with Crippen LogP contribution in [0.3, 0.4) is 0 Å². The van der Waals surface area contributed by atoms with Crippen molar-refractivity contribution in [2.24, 2.45) is 0 Å². The second kappa shape index (κ2) is 6.49. The lowest BCUT2D eigenvalue weighted by atomic mass is 10.00. The number of carboxylic acid groups (broad SMARTS) is 1. The van der Waals surface area contributed by atoms with Gasteiger partial charge in [-0.05, 0) is 12.8 Å². The number of hydrogen-bond donors (Lipinski definition) is 1. The van der Waals surface area contributed by atoms with Crippen molar-refractivity contribution in [1.82, 2.24) is 0 Å². The predicted octanol–water partition coefficient (Wildman–Crippen LogP) is 2.96. The van der Waals surface area contributed by atoms with Gasteiger partial charge in [0.1, 0.15) is 5.78 Å². The van der Waals surface area contributed by atoms with Crippen LogP contribution in [0, 0.1) is 0 Å². The fraction of sp³-hybridized carbons (Fsp3) is 0.750. The molecule has 6 heteroatoms. The second-order valence-electron chi connectivity index (χ2n) is 2.90. The zero-order chi connectivity index (χ0) is 11.2. The average Bonchev–Trinajstić information content (AvgIpc) is 2.04. The first-order chi connectivity index (χ1) is 6.34. The fourth-order valence-electron chi connectivity index (χ4n) is 0.946. The fourth-order valence-corrected chi connectivity index (χ4v) is 0.946. The molecule has 0 unspecified atom stereocenters. The minimum absolute atomic E-state index is 0.464. The van der Waals surface area contributed by atoms with Crippen LogP contribution in [0.5, 0.6) is 0 Å². The molecule has 1 saturated carbocycles. The summed E-state index contributed by atoms with van der Waals surface area (Å²) in [5, 5.41) is 7.85. The summed E-state index contributed by atoms with van der Waals surface area (Å²) in [5.74, 6) is -0.997. The van der Waals surface area contributed by atoms with Crippen LogP contribution >= 0.6 is 34.8 Å². The Kier molecular flexibility index (Phi) is 6.49. The zero-order valence-corrected chi connectivity index (χ0v) is 9.70. The SMILES string of the molecule is O=C(O)C(Cl)(Cl)Cl.O=C1CCCCC1. The van der Waals surface area contributed by atoms with E-state index in [1.807, 2.05) is 0 Å². The molecule has 0 aromatic heterocycles. The van der Waals surface area contributed by atoms with Crippen LogP contribution in [0.25, 0.3) is 0 Å². The molecule has 1 aliphatic rings. The van der Waals surface area contributed by atoms with Crippen LogP contribution in [-0.2, 0) is 9.59 Å². The minimum atomic E-state index is -2.17. The van der Waals surface area contributed by atoms with Gasteiger partial charge < -0.3 is 5.11 Å². The molecule has 0 amide bonds. The monoisotopic (exact) mass is 260 g/mol. The third-order valence-electron chi connectivity index (χ3n) is 1.65. The van der Waals surface area contributed by atoms with E-state index in [9.17, 15) is 9.59 Å². The quantitative estimate of drug-likeness (QED) is 0.682. The standard InChI is InChI=1S/C6H10O.C2HCl3O2/c7-6-4-2-1-3-5-6;3-2(4,5)1(6)7/h1-5H2;(H,6,7). The molecule has 0 bridgehead atoms. The first-order valence-electron chi connectivity index (χ1n) is 4.16. The molecule has 0 aromatic carbocycles. The number of rotatable bonds is 0. The number of alkyl halides is 3. The maximum absolute atomic E-state index is 10.5. The van der Waals surface area contributed by atoms with Crippen LogP contribution in [0.15, 0.2) is 0 Å². The Morgan fingerprint density at radius 1 is 1.14 bits per heavy atom. The van der Waals surface area contributed by atoms with Crippen molar-refractivity contribution in [3.8, 4) is 0 Å². The Labute approximate surface area is 97.3 Å². The summed E-state index contributed by atoms with van der Waals surface area (Å²) in [6.45, 7) is 0. The Morgan fingerprint density at radius 3 is 1.64 bits per heavy atom. The number of carbonyl (C=O) groups is 2. The molecule has 3 nitrogen and oxygen atoms in total. The summed E-state index contributed by atoms with van der Waals surface area (Å²) in [5.41, 5.74) is 0. The maximum atomic E-state index is 10.5. The van der Waals surface area contributed by atoms with Gasteiger partial charge in [0.05, 0.1) is 0 Å². The van der Waals surface area contributed by atoms with Crippen molar-refractivity contribution in [3.63, 3.8) is 0 Å². The lowest BCUT2D eigenvalue weighted by Crippen LogP contribution is -2.16. The van der Waals surface area contributed by atoms with Gasteiger partial charge in [-0.15, -0.1) is 0 Å². The molecule has 1 rings (SSSR count). The number of halogens is 3. The highest BCUT2D eigenvalue weighted by Crippen LogP contribution is 2.25. The van der Waals surface area contributed by atoms with Crippen molar-refractivity contribution in [3.05, 3.63) is 0 Å². The summed E-state index contributed by atoms with van der Waals surface area (Å²) in [6, 6.07) is 0.